The van der Waals surface area contributed by atoms with Crippen LogP contribution in [0.1, 0.15) is 13.8 Å². The van der Waals surface area contributed by atoms with Crippen molar-refractivity contribution in [2.75, 3.05) is 38.1 Å². The van der Waals surface area contributed by atoms with Crippen molar-refractivity contribution >= 4 is 17.7 Å². The van der Waals surface area contributed by atoms with Gasteiger partial charge in [-0.3, -0.25) is 9.69 Å². The molecule has 1 N–H and O–H groups in total. The highest BCUT2D eigenvalue weighted by Gasteiger charge is 2.31. The Balaban J connectivity index is 1.84. The zero-order valence-corrected chi connectivity index (χ0v) is 15.1. The van der Waals surface area contributed by atoms with Crippen LogP contribution in [0.5, 0.6) is 5.75 Å². The summed E-state index contributed by atoms with van der Waals surface area (Å²) >= 11 is 0. The number of benzene rings is 1. The van der Waals surface area contributed by atoms with Crippen LogP contribution in [0.25, 0.3) is 0 Å². The van der Waals surface area contributed by atoms with Crippen molar-refractivity contribution < 1.29 is 32.2 Å². The first-order valence-electron chi connectivity index (χ1n) is 8.52. The maximum Gasteiger partial charge on any atom is 0.573 e. The fourth-order valence-electron chi connectivity index (χ4n) is 2.66. The lowest BCUT2D eigenvalue weighted by Gasteiger charge is -2.36. The minimum absolute atomic E-state index is 0.288. The largest absolute Gasteiger partial charge is 0.573 e. The van der Waals surface area contributed by atoms with E-state index in [1.165, 1.54) is 12.1 Å². The number of nitrogens with one attached hydrogen (secondary N) is 1. The molecule has 1 unspecified atom stereocenters. The van der Waals surface area contributed by atoms with Gasteiger partial charge in [-0.1, -0.05) is 0 Å². The Labute approximate surface area is 155 Å². The molecule has 1 heterocycles. The third-order valence-corrected chi connectivity index (χ3v) is 4.12. The Morgan fingerprint density at radius 2 is 1.74 bits per heavy atom. The van der Waals surface area contributed by atoms with Crippen LogP contribution < -0.4 is 10.1 Å². The first-order valence-corrected chi connectivity index (χ1v) is 8.52. The summed E-state index contributed by atoms with van der Waals surface area (Å²) in [5, 5.41) is 2.66. The molecule has 1 aromatic carbocycles. The van der Waals surface area contributed by atoms with Crippen LogP contribution >= 0.6 is 0 Å². The normalized spacial score (nSPS) is 16.6. The fourth-order valence-corrected chi connectivity index (χ4v) is 2.66. The highest BCUT2D eigenvalue weighted by molar-refractivity contribution is 5.94. The van der Waals surface area contributed by atoms with Gasteiger partial charge in [-0.15, -0.1) is 13.2 Å². The van der Waals surface area contributed by atoms with Crippen LogP contribution in [0.15, 0.2) is 24.3 Å². The minimum Gasteiger partial charge on any atom is -0.450 e. The quantitative estimate of drug-likeness (QED) is 0.839. The van der Waals surface area contributed by atoms with Gasteiger partial charge in [-0.25, -0.2) is 4.79 Å². The molecule has 150 valence electrons. The van der Waals surface area contributed by atoms with E-state index >= 15 is 0 Å². The Hall–Kier alpha value is -2.49. The highest BCUT2D eigenvalue weighted by Crippen LogP contribution is 2.24. The number of anilines is 1. The zero-order valence-electron chi connectivity index (χ0n) is 15.1. The Morgan fingerprint density at radius 1 is 1.15 bits per heavy atom. The lowest BCUT2D eigenvalue weighted by molar-refractivity contribution is -0.274. The van der Waals surface area contributed by atoms with E-state index in [0.29, 0.717) is 38.5 Å². The molecule has 2 rings (SSSR count). The van der Waals surface area contributed by atoms with Gasteiger partial charge in [0.2, 0.25) is 5.91 Å². The Bertz CT molecular complexity index is 644. The predicted molar refractivity (Wildman–Crippen MR) is 91.4 cm³/mol. The van der Waals surface area contributed by atoms with Crippen LogP contribution in [-0.4, -0.2) is 67.0 Å². The van der Waals surface area contributed by atoms with Gasteiger partial charge in [-0.2, -0.15) is 0 Å². The van der Waals surface area contributed by atoms with Crippen LogP contribution in [0, 0.1) is 0 Å². The Morgan fingerprint density at radius 3 is 2.26 bits per heavy atom. The zero-order chi connectivity index (χ0) is 20.0. The second-order valence-corrected chi connectivity index (χ2v) is 5.96. The van der Waals surface area contributed by atoms with Crippen LogP contribution in [0.3, 0.4) is 0 Å². The van der Waals surface area contributed by atoms with Gasteiger partial charge in [0, 0.05) is 31.9 Å². The predicted octanol–water partition coefficient (Wildman–Crippen LogP) is 2.69. The van der Waals surface area contributed by atoms with Crippen molar-refractivity contribution in [3.63, 3.8) is 0 Å². The van der Waals surface area contributed by atoms with E-state index < -0.39 is 12.4 Å². The van der Waals surface area contributed by atoms with Gasteiger partial charge < -0.3 is 19.7 Å². The van der Waals surface area contributed by atoms with Gasteiger partial charge in [0.1, 0.15) is 5.75 Å². The monoisotopic (exact) mass is 389 g/mol. The summed E-state index contributed by atoms with van der Waals surface area (Å²) in [5.74, 6) is -0.646. The number of carbonyl (C=O) groups is 2. The molecule has 0 aromatic heterocycles. The van der Waals surface area contributed by atoms with Crippen molar-refractivity contribution in [3.8, 4) is 5.75 Å². The molecule has 0 radical (unpaired) electrons. The lowest BCUT2D eigenvalue weighted by atomic mass is 10.2. The number of hydrogen-bond acceptors (Lipinski definition) is 5. The van der Waals surface area contributed by atoms with Crippen LogP contribution in [0.4, 0.5) is 23.7 Å². The molecule has 2 amide bonds. The molecule has 7 nitrogen and oxygen atoms in total. The lowest BCUT2D eigenvalue weighted by Crippen LogP contribution is -2.54. The van der Waals surface area contributed by atoms with Gasteiger partial charge in [-0.05, 0) is 38.1 Å². The molecule has 1 fully saturated rings. The molecule has 1 saturated heterocycles. The summed E-state index contributed by atoms with van der Waals surface area (Å²) in [6.07, 6.45) is -5.12. The topological polar surface area (TPSA) is 71.1 Å². The molecule has 0 bridgehead atoms. The third kappa shape index (κ3) is 6.31. The standard InChI is InChI=1S/C17H22F3N3O4/c1-3-26-16(25)23-10-8-22(9-11-23)12(2)15(24)21-13-4-6-14(7-5-13)27-17(18,19)20/h4-7,12H,3,8-11H2,1-2H3,(H,21,24). The van der Waals surface area contributed by atoms with Gasteiger partial charge >= 0.3 is 12.5 Å². The highest BCUT2D eigenvalue weighted by atomic mass is 19.4. The van der Waals surface area contributed by atoms with E-state index in [9.17, 15) is 22.8 Å². The molecule has 1 aliphatic heterocycles. The number of nitrogens with zero attached hydrogens (tertiary/aromatic N) is 2. The molecule has 0 saturated carbocycles. The van der Waals surface area contributed by atoms with Gasteiger partial charge in [0.05, 0.1) is 12.6 Å². The second kappa shape index (κ2) is 8.94. The van der Waals surface area contributed by atoms with Crippen molar-refractivity contribution in [1.29, 1.82) is 0 Å². The summed E-state index contributed by atoms with van der Waals surface area (Å²) in [4.78, 5) is 27.6. The minimum atomic E-state index is -4.76. The SMILES string of the molecule is CCOC(=O)N1CCN(C(C)C(=O)Nc2ccc(OC(F)(F)F)cc2)CC1. The van der Waals surface area contributed by atoms with Crippen molar-refractivity contribution in [1.82, 2.24) is 9.80 Å². The molecule has 1 atom stereocenters. The van der Waals surface area contributed by atoms with Crippen molar-refractivity contribution in [2.45, 2.75) is 26.3 Å². The molecule has 1 aromatic rings. The molecular weight excluding hydrogens is 367 g/mol. The van der Waals surface area contributed by atoms with Crippen LogP contribution in [-0.2, 0) is 9.53 Å². The number of alkyl halides is 3. The number of ether oxygens (including phenoxy) is 2. The number of rotatable bonds is 5. The van der Waals surface area contributed by atoms with E-state index in [0.717, 1.165) is 12.1 Å². The van der Waals surface area contributed by atoms with E-state index in [-0.39, 0.29) is 17.7 Å². The first kappa shape index (κ1) is 20.8. The maximum atomic E-state index is 12.4. The summed E-state index contributed by atoms with van der Waals surface area (Å²) in [5.41, 5.74) is 0.367. The maximum absolute atomic E-state index is 12.4. The molecule has 0 spiro atoms. The number of hydrogen-bond donors (Lipinski definition) is 1. The molecular formula is C17H22F3N3O4. The Kier molecular flexibility index (Phi) is 6.89. The number of carbonyl (C=O) groups excluding carboxylic acids is 2. The summed E-state index contributed by atoms with van der Waals surface area (Å²) < 4.78 is 45.2. The second-order valence-electron chi connectivity index (χ2n) is 5.96. The molecule has 0 aliphatic carbocycles. The van der Waals surface area contributed by atoms with Crippen molar-refractivity contribution in [3.05, 3.63) is 24.3 Å². The van der Waals surface area contributed by atoms with Gasteiger partial charge in [0.25, 0.3) is 0 Å². The number of amides is 2. The van der Waals surface area contributed by atoms with E-state index in [4.69, 9.17) is 4.74 Å². The van der Waals surface area contributed by atoms with E-state index in [1.54, 1.807) is 18.7 Å². The smallest absolute Gasteiger partial charge is 0.450 e. The molecule has 10 heteroatoms. The first-order chi connectivity index (χ1) is 12.7. The number of piperazine rings is 1. The summed E-state index contributed by atoms with van der Waals surface area (Å²) in [7, 11) is 0. The van der Waals surface area contributed by atoms with Gasteiger partial charge in [0.15, 0.2) is 0 Å². The summed E-state index contributed by atoms with van der Waals surface area (Å²) in [6, 6.07) is 4.48. The molecule has 27 heavy (non-hydrogen) atoms. The number of halogens is 3. The third-order valence-electron chi connectivity index (χ3n) is 4.12. The average Bonchev–Trinajstić information content (AvgIpc) is 2.62. The average molecular weight is 389 g/mol. The fraction of sp³-hybridized carbons (Fsp3) is 0.529. The van der Waals surface area contributed by atoms with Crippen LogP contribution in [0.2, 0.25) is 0 Å². The van der Waals surface area contributed by atoms with E-state index in [1.807, 2.05) is 4.90 Å². The van der Waals surface area contributed by atoms with Crippen molar-refractivity contribution in [2.24, 2.45) is 0 Å². The molecule has 1 aliphatic rings. The van der Waals surface area contributed by atoms with E-state index in [2.05, 4.69) is 10.1 Å². The summed E-state index contributed by atoms with van der Waals surface area (Å²) in [6.45, 7) is 5.74.